The third-order valence-corrected chi connectivity index (χ3v) is 6.02. The van der Waals surface area contributed by atoms with Crippen molar-refractivity contribution in [2.45, 2.75) is 58.8 Å². The number of fused-ring (bicyclic) bond motifs is 1. The SMILES string of the molecule is CCC1(c2ccccc2)C2=C(Cc3n[nH]c(C)c31)CC(C)(C)CC2=O. The summed E-state index contributed by atoms with van der Waals surface area (Å²) in [7, 11) is 0. The van der Waals surface area contributed by atoms with Crippen molar-refractivity contribution in [1.29, 1.82) is 0 Å². The number of hydrogen-bond acceptors (Lipinski definition) is 2. The van der Waals surface area contributed by atoms with E-state index in [-0.39, 0.29) is 10.8 Å². The topological polar surface area (TPSA) is 45.8 Å². The largest absolute Gasteiger partial charge is 0.294 e. The van der Waals surface area contributed by atoms with Crippen LogP contribution in [0, 0.1) is 12.3 Å². The number of aromatic amines is 1. The van der Waals surface area contributed by atoms with Crippen LogP contribution in [0.15, 0.2) is 41.5 Å². The van der Waals surface area contributed by atoms with Gasteiger partial charge in [0.05, 0.1) is 11.1 Å². The van der Waals surface area contributed by atoms with Crippen LogP contribution < -0.4 is 0 Å². The fourth-order valence-electron chi connectivity index (χ4n) is 5.21. The predicted molar refractivity (Wildman–Crippen MR) is 99.6 cm³/mol. The number of ketones is 1. The Hall–Kier alpha value is -2.16. The van der Waals surface area contributed by atoms with Gasteiger partial charge < -0.3 is 0 Å². The molecule has 4 rings (SSSR count). The monoisotopic (exact) mass is 334 g/mol. The highest BCUT2D eigenvalue weighted by molar-refractivity contribution is 6.01. The number of aryl methyl sites for hydroxylation is 1. The summed E-state index contributed by atoms with van der Waals surface area (Å²) >= 11 is 0. The van der Waals surface area contributed by atoms with Crippen molar-refractivity contribution in [2.24, 2.45) is 5.41 Å². The maximum Gasteiger partial charge on any atom is 0.160 e. The second-order valence-electron chi connectivity index (χ2n) is 8.39. The van der Waals surface area contributed by atoms with Crippen LogP contribution in [0.25, 0.3) is 0 Å². The minimum Gasteiger partial charge on any atom is -0.294 e. The van der Waals surface area contributed by atoms with Crippen molar-refractivity contribution in [3.8, 4) is 0 Å². The molecule has 3 nitrogen and oxygen atoms in total. The van der Waals surface area contributed by atoms with Crippen molar-refractivity contribution in [2.75, 3.05) is 0 Å². The summed E-state index contributed by atoms with van der Waals surface area (Å²) in [6.45, 7) is 8.69. The van der Waals surface area contributed by atoms with E-state index in [2.05, 4.69) is 62.2 Å². The maximum absolute atomic E-state index is 13.3. The van der Waals surface area contributed by atoms with Gasteiger partial charge in [0.15, 0.2) is 5.78 Å². The van der Waals surface area contributed by atoms with Crippen LogP contribution in [-0.4, -0.2) is 16.0 Å². The smallest absolute Gasteiger partial charge is 0.160 e. The lowest BCUT2D eigenvalue weighted by molar-refractivity contribution is -0.118. The molecule has 0 bridgehead atoms. The van der Waals surface area contributed by atoms with Gasteiger partial charge in [-0.05, 0) is 30.7 Å². The molecule has 2 aliphatic rings. The van der Waals surface area contributed by atoms with Gasteiger partial charge in [-0.2, -0.15) is 5.10 Å². The molecule has 1 aromatic heterocycles. The summed E-state index contributed by atoms with van der Waals surface area (Å²) in [6, 6.07) is 10.5. The summed E-state index contributed by atoms with van der Waals surface area (Å²) < 4.78 is 0. The molecule has 2 aromatic rings. The van der Waals surface area contributed by atoms with Crippen LogP contribution in [-0.2, 0) is 16.6 Å². The molecular weight excluding hydrogens is 308 g/mol. The van der Waals surface area contributed by atoms with Crippen LogP contribution in [0.1, 0.15) is 62.5 Å². The van der Waals surface area contributed by atoms with E-state index in [1.54, 1.807) is 0 Å². The molecule has 0 spiro atoms. The zero-order valence-corrected chi connectivity index (χ0v) is 15.6. The third-order valence-electron chi connectivity index (χ3n) is 6.02. The molecule has 25 heavy (non-hydrogen) atoms. The van der Waals surface area contributed by atoms with Crippen molar-refractivity contribution in [3.63, 3.8) is 0 Å². The van der Waals surface area contributed by atoms with Crippen LogP contribution in [0.4, 0.5) is 0 Å². The quantitative estimate of drug-likeness (QED) is 0.868. The van der Waals surface area contributed by atoms with Crippen molar-refractivity contribution < 1.29 is 4.79 Å². The lowest BCUT2D eigenvalue weighted by Gasteiger charge is -2.45. The first-order valence-electron chi connectivity index (χ1n) is 9.24. The molecule has 0 aliphatic heterocycles. The Morgan fingerprint density at radius 3 is 2.56 bits per heavy atom. The minimum absolute atomic E-state index is 0.0366. The standard InChI is InChI=1S/C22H26N2O/c1-5-22(16-9-7-6-8-10-16)19-14(2)23-24-17(19)11-15-12-21(3,4)13-18(25)20(15)22/h6-10H,5,11-13H2,1-4H3,(H,23,24). The van der Waals surface area contributed by atoms with Gasteiger partial charge in [0.1, 0.15) is 0 Å². The molecular formula is C22H26N2O. The molecule has 3 heteroatoms. The lowest BCUT2D eigenvalue weighted by Crippen LogP contribution is -2.42. The van der Waals surface area contributed by atoms with Gasteiger partial charge in [-0.25, -0.2) is 0 Å². The first kappa shape index (κ1) is 16.3. The molecule has 1 N–H and O–H groups in total. The molecule has 0 radical (unpaired) electrons. The Kier molecular flexibility index (Phi) is 3.54. The van der Waals surface area contributed by atoms with Crippen LogP contribution in [0.3, 0.4) is 0 Å². The van der Waals surface area contributed by atoms with E-state index in [4.69, 9.17) is 0 Å². The van der Waals surface area contributed by atoms with Gasteiger partial charge in [0.2, 0.25) is 0 Å². The van der Waals surface area contributed by atoms with E-state index in [9.17, 15) is 4.79 Å². The highest BCUT2D eigenvalue weighted by atomic mass is 16.1. The molecule has 2 aliphatic carbocycles. The number of rotatable bonds is 2. The molecule has 1 atom stereocenters. The number of nitrogens with zero attached hydrogens (tertiary/aromatic N) is 1. The maximum atomic E-state index is 13.3. The second kappa shape index (κ2) is 5.42. The first-order valence-corrected chi connectivity index (χ1v) is 9.24. The van der Waals surface area contributed by atoms with E-state index < -0.39 is 0 Å². The second-order valence-corrected chi connectivity index (χ2v) is 8.39. The lowest BCUT2D eigenvalue weighted by atomic mass is 9.56. The summed E-state index contributed by atoms with van der Waals surface area (Å²) in [5, 5.41) is 7.81. The Morgan fingerprint density at radius 1 is 1.16 bits per heavy atom. The van der Waals surface area contributed by atoms with Crippen molar-refractivity contribution in [1.82, 2.24) is 10.2 Å². The number of carbonyl (C=O) groups excluding carboxylic acids is 1. The van der Waals surface area contributed by atoms with Crippen LogP contribution >= 0.6 is 0 Å². The van der Waals surface area contributed by atoms with E-state index >= 15 is 0 Å². The molecule has 0 amide bonds. The highest BCUT2D eigenvalue weighted by Gasteiger charge is 2.50. The Balaban J connectivity index is 2.06. The number of aromatic nitrogens is 2. The third kappa shape index (κ3) is 2.25. The van der Waals surface area contributed by atoms with Gasteiger partial charge in [-0.3, -0.25) is 9.89 Å². The van der Waals surface area contributed by atoms with Gasteiger partial charge in [-0.15, -0.1) is 0 Å². The number of H-pyrrole nitrogens is 1. The molecule has 1 aromatic carbocycles. The fourth-order valence-corrected chi connectivity index (χ4v) is 5.21. The summed E-state index contributed by atoms with van der Waals surface area (Å²) in [4.78, 5) is 13.3. The predicted octanol–water partition coefficient (Wildman–Crippen LogP) is 4.66. The summed E-state index contributed by atoms with van der Waals surface area (Å²) in [5.41, 5.74) is 6.67. The molecule has 0 fully saturated rings. The van der Waals surface area contributed by atoms with E-state index in [0.29, 0.717) is 12.2 Å². The van der Waals surface area contributed by atoms with Gasteiger partial charge in [0.25, 0.3) is 0 Å². The highest BCUT2D eigenvalue weighted by Crippen LogP contribution is 2.54. The zero-order chi connectivity index (χ0) is 17.8. The van der Waals surface area contributed by atoms with Gasteiger partial charge >= 0.3 is 0 Å². The van der Waals surface area contributed by atoms with E-state index in [1.165, 1.54) is 16.7 Å². The average Bonchev–Trinajstić information content (AvgIpc) is 2.94. The molecule has 0 saturated carbocycles. The average molecular weight is 334 g/mol. The van der Waals surface area contributed by atoms with Gasteiger partial charge in [-0.1, -0.05) is 56.7 Å². The number of nitrogens with one attached hydrogen (secondary N) is 1. The van der Waals surface area contributed by atoms with Gasteiger partial charge in [0, 0.05) is 29.7 Å². The van der Waals surface area contributed by atoms with Crippen LogP contribution in [0.5, 0.6) is 0 Å². The number of carbonyl (C=O) groups is 1. The van der Waals surface area contributed by atoms with Crippen molar-refractivity contribution in [3.05, 3.63) is 64.0 Å². The summed E-state index contributed by atoms with van der Waals surface area (Å²) in [5.74, 6) is 0.322. The molecule has 1 unspecified atom stereocenters. The Labute approximate surface area is 149 Å². The van der Waals surface area contributed by atoms with Crippen LogP contribution in [0.2, 0.25) is 0 Å². The Morgan fingerprint density at radius 2 is 1.88 bits per heavy atom. The molecule has 1 heterocycles. The van der Waals surface area contributed by atoms with E-state index in [0.717, 1.165) is 36.2 Å². The Bertz CT molecular complexity index is 873. The first-order chi connectivity index (χ1) is 11.9. The number of benzene rings is 1. The normalized spacial score (nSPS) is 24.9. The summed E-state index contributed by atoms with van der Waals surface area (Å²) in [6.07, 6.45) is 3.29. The zero-order valence-electron chi connectivity index (χ0n) is 15.6. The number of hydrogen-bond donors (Lipinski definition) is 1. The number of allylic oxidation sites excluding steroid dienone is 2. The molecule has 0 saturated heterocycles. The minimum atomic E-state index is -0.366. The number of Topliss-reactive ketones (excluding diaryl/α,β-unsaturated/α-hetero) is 1. The fraction of sp³-hybridized carbons (Fsp3) is 0.455. The molecule has 130 valence electrons. The van der Waals surface area contributed by atoms with E-state index in [1.807, 2.05) is 6.07 Å². The van der Waals surface area contributed by atoms with Crippen molar-refractivity contribution >= 4 is 5.78 Å².